The van der Waals surface area contributed by atoms with Crippen LogP contribution in [0.1, 0.15) is 30.1 Å². The number of benzene rings is 2. The molecule has 1 aromatic heterocycles. The zero-order valence-electron chi connectivity index (χ0n) is 18.2. The lowest BCUT2D eigenvalue weighted by molar-refractivity contribution is -0.119. The van der Waals surface area contributed by atoms with E-state index in [1.54, 1.807) is 31.2 Å². The maximum Gasteiger partial charge on any atom is 0.258 e. The maximum atomic E-state index is 13.8. The number of amides is 2. The number of aliphatic hydroxyl groups is 1. The minimum Gasteiger partial charge on any atom is -0.397 e. The van der Waals surface area contributed by atoms with E-state index in [9.17, 15) is 14.0 Å². The molecule has 10 heteroatoms. The van der Waals surface area contributed by atoms with E-state index < -0.39 is 11.7 Å². The van der Waals surface area contributed by atoms with Crippen LogP contribution < -0.4 is 10.6 Å². The second-order valence-electron chi connectivity index (χ2n) is 7.14. The summed E-state index contributed by atoms with van der Waals surface area (Å²) in [7, 11) is 0. The van der Waals surface area contributed by atoms with E-state index in [0.29, 0.717) is 12.2 Å². The molecular weight excluding hydrogens is 465 g/mol. The number of thioether (sulfide) groups is 1. The molecule has 0 bridgehead atoms. The second-order valence-corrected chi connectivity index (χ2v) is 9.39. The summed E-state index contributed by atoms with van der Waals surface area (Å²) in [5.41, 5.74) is 1.34. The predicted octanol–water partition coefficient (Wildman–Crippen LogP) is 4.07. The van der Waals surface area contributed by atoms with Crippen molar-refractivity contribution >= 4 is 50.8 Å². The number of aromatic nitrogens is 1. The maximum absolute atomic E-state index is 13.8. The Bertz CT molecular complexity index is 1090. The summed E-state index contributed by atoms with van der Waals surface area (Å²) in [5, 5.41) is 13.2. The third-order valence-corrected chi connectivity index (χ3v) is 6.78. The first kappa shape index (κ1) is 25.1. The van der Waals surface area contributed by atoms with E-state index >= 15 is 0 Å². The van der Waals surface area contributed by atoms with Crippen molar-refractivity contribution in [3.05, 3.63) is 53.8 Å². The molecule has 1 saturated heterocycles. The number of ether oxygens (including phenoxy) is 1. The summed E-state index contributed by atoms with van der Waals surface area (Å²) >= 11 is 2.82. The molecular formula is C23H26FN3O4S2. The van der Waals surface area contributed by atoms with Gasteiger partial charge in [-0.15, -0.1) is 11.3 Å². The van der Waals surface area contributed by atoms with Gasteiger partial charge < -0.3 is 20.5 Å². The Kier molecular flexibility index (Phi) is 9.61. The van der Waals surface area contributed by atoms with Gasteiger partial charge in [0.15, 0.2) is 4.34 Å². The topological polar surface area (TPSA) is 101 Å². The average molecular weight is 492 g/mol. The quantitative estimate of drug-likeness (QED) is 0.431. The first-order valence-electron chi connectivity index (χ1n) is 10.6. The van der Waals surface area contributed by atoms with Gasteiger partial charge in [0.2, 0.25) is 5.91 Å². The number of rotatable bonds is 7. The van der Waals surface area contributed by atoms with Gasteiger partial charge in [-0.1, -0.05) is 23.9 Å². The fourth-order valence-corrected chi connectivity index (χ4v) is 5.04. The zero-order valence-corrected chi connectivity index (χ0v) is 19.8. The van der Waals surface area contributed by atoms with Crippen molar-refractivity contribution in [2.24, 2.45) is 0 Å². The highest BCUT2D eigenvalue weighted by atomic mass is 32.2. The van der Waals surface area contributed by atoms with E-state index in [-0.39, 0.29) is 29.9 Å². The third kappa shape index (κ3) is 7.50. The van der Waals surface area contributed by atoms with E-state index in [1.165, 1.54) is 41.3 Å². The molecule has 1 fully saturated rings. The molecule has 0 aliphatic carbocycles. The first-order valence-corrected chi connectivity index (χ1v) is 12.4. The van der Waals surface area contributed by atoms with Crippen LogP contribution in [0.15, 0.2) is 46.8 Å². The van der Waals surface area contributed by atoms with Gasteiger partial charge in [0.25, 0.3) is 5.91 Å². The number of carbonyl (C=O) groups excluding carboxylic acids is 2. The number of thiazole rings is 1. The van der Waals surface area contributed by atoms with Crippen molar-refractivity contribution in [3.8, 4) is 0 Å². The average Bonchev–Trinajstić information content (AvgIpc) is 3.46. The molecule has 33 heavy (non-hydrogen) atoms. The van der Waals surface area contributed by atoms with E-state index in [4.69, 9.17) is 9.84 Å². The molecule has 2 heterocycles. The molecule has 3 N–H and O–H groups in total. The molecule has 0 spiro atoms. The van der Waals surface area contributed by atoms with Crippen molar-refractivity contribution in [1.29, 1.82) is 0 Å². The monoisotopic (exact) mass is 491 g/mol. The number of nitrogens with one attached hydrogen (secondary N) is 2. The fraction of sp³-hybridized carbons (Fsp3) is 0.348. The Labute approximate surface area is 199 Å². The summed E-state index contributed by atoms with van der Waals surface area (Å²) in [6.45, 7) is 3.24. The van der Waals surface area contributed by atoms with E-state index in [1.807, 2.05) is 0 Å². The van der Waals surface area contributed by atoms with Crippen molar-refractivity contribution in [2.45, 2.75) is 30.2 Å². The van der Waals surface area contributed by atoms with Gasteiger partial charge in [-0.25, -0.2) is 9.37 Å². The lowest BCUT2D eigenvalue weighted by Gasteiger charge is -2.09. The van der Waals surface area contributed by atoms with Crippen LogP contribution in [0.4, 0.5) is 10.1 Å². The van der Waals surface area contributed by atoms with Crippen LogP contribution in [0.3, 0.4) is 0 Å². The number of aliphatic hydroxyl groups excluding tert-OH is 1. The zero-order chi connectivity index (χ0) is 23.6. The number of hydrogen-bond acceptors (Lipinski definition) is 7. The lowest BCUT2D eigenvalue weighted by atomic mass is 10.2. The molecule has 3 aromatic rings. The minimum absolute atomic E-state index is 0.00726. The summed E-state index contributed by atoms with van der Waals surface area (Å²) in [4.78, 5) is 28.8. The highest BCUT2D eigenvalue weighted by Gasteiger charge is 2.17. The lowest BCUT2D eigenvalue weighted by Crippen LogP contribution is -2.32. The number of hydrogen-bond donors (Lipinski definition) is 3. The van der Waals surface area contributed by atoms with Crippen LogP contribution in [0, 0.1) is 5.82 Å². The molecule has 7 nitrogen and oxygen atoms in total. The van der Waals surface area contributed by atoms with Crippen molar-refractivity contribution in [2.75, 3.05) is 30.8 Å². The number of fused-ring (bicyclic) bond motifs is 1. The number of anilines is 1. The fourth-order valence-electron chi connectivity index (χ4n) is 3.10. The van der Waals surface area contributed by atoms with Gasteiger partial charge >= 0.3 is 0 Å². The van der Waals surface area contributed by atoms with Gasteiger partial charge in [-0.3, -0.25) is 9.59 Å². The number of halogens is 1. The number of nitrogens with zero attached hydrogens (tertiary/aromatic N) is 1. The predicted molar refractivity (Wildman–Crippen MR) is 129 cm³/mol. The molecule has 0 saturated carbocycles. The van der Waals surface area contributed by atoms with Gasteiger partial charge in [0.05, 0.1) is 27.6 Å². The standard InChI is InChI=1S/C21H20FN3O3S2.C2H6O/c22-16-6-2-1-5-15(16)20(27)24-13-7-8-17-18(10-13)30-21(25-17)29-12-19(26)23-11-14-4-3-9-28-14;1-2-3/h1-2,5-8,10,14H,3-4,9,11-12H2,(H,23,26)(H,24,27);3H,2H2,1H3. The van der Waals surface area contributed by atoms with Crippen LogP contribution in [-0.4, -0.2) is 53.5 Å². The summed E-state index contributed by atoms with van der Waals surface area (Å²) < 4.78 is 20.9. The van der Waals surface area contributed by atoms with Crippen LogP contribution in [0.2, 0.25) is 0 Å². The summed E-state index contributed by atoms with van der Waals surface area (Å²) in [5.74, 6) is -0.837. The Morgan fingerprint density at radius 2 is 2.09 bits per heavy atom. The Morgan fingerprint density at radius 1 is 1.30 bits per heavy atom. The van der Waals surface area contributed by atoms with Crippen molar-refractivity contribution in [3.63, 3.8) is 0 Å². The third-order valence-electron chi connectivity index (χ3n) is 4.62. The van der Waals surface area contributed by atoms with Gasteiger partial charge in [0, 0.05) is 25.4 Å². The molecule has 2 amide bonds. The minimum atomic E-state index is -0.565. The highest BCUT2D eigenvalue weighted by molar-refractivity contribution is 8.01. The van der Waals surface area contributed by atoms with Crippen LogP contribution in [-0.2, 0) is 9.53 Å². The first-order chi connectivity index (χ1) is 16.0. The SMILES string of the molecule is CCO.O=C(CSc1nc2ccc(NC(=O)c3ccccc3F)cc2s1)NCC1CCCO1. The number of carbonyl (C=O) groups is 2. The summed E-state index contributed by atoms with van der Waals surface area (Å²) in [6.07, 6.45) is 2.16. The van der Waals surface area contributed by atoms with Gasteiger partial charge in [-0.2, -0.15) is 0 Å². The van der Waals surface area contributed by atoms with E-state index in [2.05, 4.69) is 15.6 Å². The largest absolute Gasteiger partial charge is 0.397 e. The molecule has 4 rings (SSSR count). The Hall–Kier alpha value is -2.53. The van der Waals surface area contributed by atoms with Crippen molar-refractivity contribution in [1.82, 2.24) is 10.3 Å². The Morgan fingerprint density at radius 3 is 2.82 bits per heavy atom. The molecule has 0 radical (unpaired) electrons. The molecule has 176 valence electrons. The van der Waals surface area contributed by atoms with Crippen molar-refractivity contribution < 1.29 is 23.8 Å². The van der Waals surface area contributed by atoms with Gasteiger partial charge in [0.1, 0.15) is 5.82 Å². The molecule has 1 unspecified atom stereocenters. The smallest absolute Gasteiger partial charge is 0.258 e. The normalized spacial score (nSPS) is 15.1. The molecule has 1 atom stereocenters. The van der Waals surface area contributed by atoms with Crippen LogP contribution in [0.5, 0.6) is 0 Å². The van der Waals surface area contributed by atoms with Crippen LogP contribution in [0.25, 0.3) is 10.2 Å². The van der Waals surface area contributed by atoms with E-state index in [0.717, 1.165) is 34.0 Å². The highest BCUT2D eigenvalue weighted by Crippen LogP contribution is 2.31. The molecule has 1 aliphatic heterocycles. The molecule has 1 aliphatic rings. The van der Waals surface area contributed by atoms with Crippen LogP contribution >= 0.6 is 23.1 Å². The Balaban J connectivity index is 0.000000968. The summed E-state index contributed by atoms with van der Waals surface area (Å²) in [6, 6.07) is 11.2. The second kappa shape index (κ2) is 12.6. The molecule has 2 aromatic carbocycles. The van der Waals surface area contributed by atoms with Gasteiger partial charge in [-0.05, 0) is 50.1 Å².